The molecule has 3 rings (SSSR count). The summed E-state index contributed by atoms with van der Waals surface area (Å²) >= 11 is 0. The Hall–Kier alpha value is -3.12. The van der Waals surface area contributed by atoms with E-state index in [0.29, 0.717) is 5.71 Å². The fourth-order valence-electron chi connectivity index (χ4n) is 2.36. The van der Waals surface area contributed by atoms with Crippen LogP contribution in [0.5, 0.6) is 5.75 Å². The molecule has 0 aromatic heterocycles. The summed E-state index contributed by atoms with van der Waals surface area (Å²) in [5.41, 5.74) is 1.98. The quantitative estimate of drug-likeness (QED) is 0.666. The van der Waals surface area contributed by atoms with Crippen LogP contribution in [-0.2, 0) is 0 Å². The molecular formula is C19H14N2O. The molecule has 22 heavy (non-hydrogen) atoms. The Morgan fingerprint density at radius 3 is 2.41 bits per heavy atom. The topological polar surface area (TPSA) is 45.4 Å². The fourth-order valence-corrected chi connectivity index (χ4v) is 2.36. The molecular weight excluding hydrogens is 272 g/mol. The Kier molecular flexibility index (Phi) is 3.84. The Morgan fingerprint density at radius 2 is 1.68 bits per heavy atom. The monoisotopic (exact) mass is 286 g/mol. The first-order chi connectivity index (χ1) is 10.8. The molecule has 0 amide bonds. The van der Waals surface area contributed by atoms with Crippen LogP contribution in [-0.4, -0.2) is 12.8 Å². The van der Waals surface area contributed by atoms with Gasteiger partial charge >= 0.3 is 0 Å². The van der Waals surface area contributed by atoms with Crippen molar-refractivity contribution in [3.63, 3.8) is 0 Å². The van der Waals surface area contributed by atoms with Crippen LogP contribution in [0.3, 0.4) is 0 Å². The maximum Gasteiger partial charge on any atom is 0.148 e. The molecule has 3 aromatic carbocycles. The first-order valence-corrected chi connectivity index (χ1v) is 6.93. The number of hydrogen-bond donors (Lipinski definition) is 0. The molecule has 106 valence electrons. The molecule has 0 radical (unpaired) electrons. The number of rotatable bonds is 3. The van der Waals surface area contributed by atoms with E-state index in [1.807, 2.05) is 66.7 Å². The molecule has 0 aliphatic carbocycles. The summed E-state index contributed by atoms with van der Waals surface area (Å²) in [6, 6.07) is 23.4. The van der Waals surface area contributed by atoms with Crippen LogP contribution < -0.4 is 4.74 Å². The number of nitrogens with zero attached hydrogens (tertiary/aromatic N) is 2. The van der Waals surface area contributed by atoms with Gasteiger partial charge in [0.05, 0.1) is 12.8 Å². The van der Waals surface area contributed by atoms with Crippen molar-refractivity contribution in [2.75, 3.05) is 7.11 Å². The van der Waals surface area contributed by atoms with E-state index in [1.165, 1.54) is 0 Å². The number of ether oxygens (including phenoxy) is 1. The van der Waals surface area contributed by atoms with Crippen molar-refractivity contribution in [3.05, 3.63) is 72.3 Å². The molecule has 0 spiro atoms. The van der Waals surface area contributed by atoms with E-state index in [2.05, 4.69) is 11.1 Å². The summed E-state index contributed by atoms with van der Waals surface area (Å²) in [7, 11) is 1.62. The van der Waals surface area contributed by atoms with E-state index in [-0.39, 0.29) is 0 Å². The minimum Gasteiger partial charge on any atom is -0.497 e. The van der Waals surface area contributed by atoms with Crippen molar-refractivity contribution in [1.82, 2.24) is 0 Å². The van der Waals surface area contributed by atoms with Crippen LogP contribution in [0, 0.1) is 11.3 Å². The van der Waals surface area contributed by atoms with Gasteiger partial charge in [-0.05, 0) is 35.0 Å². The van der Waals surface area contributed by atoms with E-state index in [1.54, 1.807) is 7.11 Å². The largest absolute Gasteiger partial charge is 0.497 e. The van der Waals surface area contributed by atoms with Gasteiger partial charge in [-0.25, -0.2) is 4.99 Å². The van der Waals surface area contributed by atoms with Gasteiger partial charge < -0.3 is 4.74 Å². The van der Waals surface area contributed by atoms with Gasteiger partial charge in [-0.3, -0.25) is 0 Å². The predicted molar refractivity (Wildman–Crippen MR) is 88.8 cm³/mol. The molecule has 0 saturated carbocycles. The number of hydrogen-bond acceptors (Lipinski definition) is 3. The SMILES string of the molecule is COc1ccc(N=C(C#N)c2cccc3ccccc23)cc1. The third-order valence-electron chi connectivity index (χ3n) is 3.46. The van der Waals surface area contributed by atoms with Crippen molar-refractivity contribution < 1.29 is 4.74 Å². The minimum absolute atomic E-state index is 0.405. The van der Waals surface area contributed by atoms with Gasteiger partial charge in [-0.2, -0.15) is 5.26 Å². The number of benzene rings is 3. The van der Waals surface area contributed by atoms with Gasteiger partial charge in [0.1, 0.15) is 17.5 Å². The summed E-state index contributed by atoms with van der Waals surface area (Å²) in [5.74, 6) is 0.766. The zero-order valence-corrected chi connectivity index (χ0v) is 12.2. The van der Waals surface area contributed by atoms with Crippen LogP contribution >= 0.6 is 0 Å². The third kappa shape index (κ3) is 2.68. The van der Waals surface area contributed by atoms with Crippen LogP contribution in [0.4, 0.5) is 5.69 Å². The third-order valence-corrected chi connectivity index (χ3v) is 3.46. The van der Waals surface area contributed by atoms with Crippen LogP contribution in [0.2, 0.25) is 0 Å². The van der Waals surface area contributed by atoms with E-state index < -0.39 is 0 Å². The van der Waals surface area contributed by atoms with Crippen molar-refractivity contribution in [1.29, 1.82) is 5.26 Å². The normalized spacial score (nSPS) is 11.2. The summed E-state index contributed by atoms with van der Waals surface area (Å²) in [4.78, 5) is 4.47. The number of nitriles is 1. The molecule has 0 heterocycles. The highest BCUT2D eigenvalue weighted by atomic mass is 16.5. The lowest BCUT2D eigenvalue weighted by Gasteiger charge is -2.05. The van der Waals surface area contributed by atoms with E-state index in [4.69, 9.17) is 4.74 Å². The molecule has 3 nitrogen and oxygen atoms in total. The standard InChI is InChI=1S/C19H14N2O/c1-22-16-11-9-15(10-12-16)21-19(13-20)18-8-4-6-14-5-2-3-7-17(14)18/h2-12H,1H3. The van der Waals surface area contributed by atoms with Gasteiger partial charge in [-0.15, -0.1) is 0 Å². The first-order valence-electron chi connectivity index (χ1n) is 6.93. The smallest absolute Gasteiger partial charge is 0.148 e. The van der Waals surface area contributed by atoms with Crippen molar-refractivity contribution in [2.45, 2.75) is 0 Å². The van der Waals surface area contributed by atoms with Gasteiger partial charge in [0.15, 0.2) is 0 Å². The zero-order chi connectivity index (χ0) is 15.4. The second-order valence-corrected chi connectivity index (χ2v) is 4.80. The summed E-state index contributed by atoms with van der Waals surface area (Å²) < 4.78 is 5.13. The molecule has 0 bridgehead atoms. The molecule has 0 atom stereocenters. The second kappa shape index (κ2) is 6.11. The zero-order valence-electron chi connectivity index (χ0n) is 12.2. The lowest BCUT2D eigenvalue weighted by atomic mass is 10.0. The molecule has 0 saturated heterocycles. The second-order valence-electron chi connectivity index (χ2n) is 4.80. The Balaban J connectivity index is 2.09. The maximum absolute atomic E-state index is 9.50. The van der Waals surface area contributed by atoms with Crippen molar-refractivity contribution >= 4 is 22.2 Å². The van der Waals surface area contributed by atoms with E-state index in [9.17, 15) is 5.26 Å². The number of aliphatic imine (C=N–C) groups is 1. The van der Waals surface area contributed by atoms with Crippen molar-refractivity contribution in [3.8, 4) is 11.8 Å². The molecule has 0 fully saturated rings. The Morgan fingerprint density at radius 1 is 0.955 bits per heavy atom. The molecule has 0 aliphatic heterocycles. The van der Waals surface area contributed by atoms with Gasteiger partial charge in [0.25, 0.3) is 0 Å². The van der Waals surface area contributed by atoms with Gasteiger partial charge in [0, 0.05) is 5.56 Å². The van der Waals surface area contributed by atoms with Gasteiger partial charge in [-0.1, -0.05) is 42.5 Å². The Bertz CT molecular complexity index is 869. The predicted octanol–water partition coefficient (Wildman–Crippen LogP) is 4.49. The van der Waals surface area contributed by atoms with Crippen molar-refractivity contribution in [2.24, 2.45) is 4.99 Å². The fraction of sp³-hybridized carbons (Fsp3) is 0.0526. The lowest BCUT2D eigenvalue weighted by molar-refractivity contribution is 0.415. The highest BCUT2D eigenvalue weighted by Crippen LogP contribution is 2.22. The highest BCUT2D eigenvalue weighted by molar-refractivity contribution is 6.19. The average molecular weight is 286 g/mol. The van der Waals surface area contributed by atoms with Crippen LogP contribution in [0.1, 0.15) is 5.56 Å². The van der Waals surface area contributed by atoms with Gasteiger partial charge in [0.2, 0.25) is 0 Å². The lowest BCUT2D eigenvalue weighted by Crippen LogP contribution is -1.97. The van der Waals surface area contributed by atoms with E-state index in [0.717, 1.165) is 27.8 Å². The molecule has 0 unspecified atom stereocenters. The first kappa shape index (κ1) is 13.8. The number of fused-ring (bicyclic) bond motifs is 1. The van der Waals surface area contributed by atoms with Crippen LogP contribution in [0.15, 0.2) is 71.7 Å². The maximum atomic E-state index is 9.50. The average Bonchev–Trinajstić information content (AvgIpc) is 2.60. The molecule has 3 heteroatoms. The Labute approximate surface area is 129 Å². The summed E-state index contributed by atoms with van der Waals surface area (Å²) in [6.07, 6.45) is 0. The number of methoxy groups -OCH3 is 1. The summed E-state index contributed by atoms with van der Waals surface area (Å²) in [5, 5.41) is 11.6. The molecule has 3 aromatic rings. The van der Waals surface area contributed by atoms with E-state index >= 15 is 0 Å². The van der Waals surface area contributed by atoms with Crippen LogP contribution in [0.25, 0.3) is 10.8 Å². The summed E-state index contributed by atoms with van der Waals surface area (Å²) in [6.45, 7) is 0. The molecule has 0 aliphatic rings. The molecule has 0 N–H and O–H groups in total. The highest BCUT2D eigenvalue weighted by Gasteiger charge is 2.07. The minimum atomic E-state index is 0.405.